The van der Waals surface area contributed by atoms with E-state index in [1.807, 2.05) is 29.0 Å². The van der Waals surface area contributed by atoms with Crippen molar-refractivity contribution in [3.05, 3.63) is 107 Å². The Labute approximate surface area is 384 Å². The van der Waals surface area contributed by atoms with Crippen molar-refractivity contribution < 1.29 is 40.8 Å². The van der Waals surface area contributed by atoms with E-state index in [4.69, 9.17) is 0 Å². The molecule has 2 atom stereocenters. The highest BCUT2D eigenvalue weighted by atomic mass is 32.2. The molecule has 5 fully saturated rings. The third kappa shape index (κ3) is 7.89. The van der Waals surface area contributed by atoms with Gasteiger partial charge in [-0.05, 0) is 91.3 Å². The van der Waals surface area contributed by atoms with Crippen LogP contribution in [0.25, 0.3) is 22.2 Å². The normalized spacial score (nSPS) is 22.3. The van der Waals surface area contributed by atoms with E-state index in [1.165, 1.54) is 6.20 Å². The van der Waals surface area contributed by atoms with Gasteiger partial charge in [0.2, 0.25) is 17.6 Å². The number of amides is 3. The SMILES string of the molecule is O=C1CC[C@H](N2Cc3cc(N4CC5(CN(CC6CCN(c7ccc(-c8cnc9[nH]cc(C(=O)c%10c(F)ccc(NS(=O)(=O)N%11CC[C@@H](F)C%11)c%10F)c9c8)cc7)CC6)C5)C4)ccc3C2=O)C(=O)N1. The summed E-state index contributed by atoms with van der Waals surface area (Å²) in [6.45, 7) is 6.95. The van der Waals surface area contributed by atoms with E-state index in [1.54, 1.807) is 17.2 Å². The maximum absolute atomic E-state index is 15.8. The van der Waals surface area contributed by atoms with Gasteiger partial charge >= 0.3 is 10.2 Å². The smallest absolute Gasteiger partial charge is 0.301 e. The number of anilines is 3. The number of H-pyrrole nitrogens is 1. The van der Waals surface area contributed by atoms with Crippen LogP contribution in [0.3, 0.4) is 0 Å². The molecule has 3 amide bonds. The second kappa shape index (κ2) is 16.5. The minimum absolute atomic E-state index is 0.00522. The van der Waals surface area contributed by atoms with Gasteiger partial charge in [0.05, 0.1) is 11.3 Å². The van der Waals surface area contributed by atoms with Crippen molar-refractivity contribution >= 4 is 61.8 Å². The number of aromatic amines is 1. The van der Waals surface area contributed by atoms with Crippen molar-refractivity contribution in [1.29, 1.82) is 0 Å². The quantitative estimate of drug-likeness (QED) is 0.118. The molecule has 15 nitrogen and oxygen atoms in total. The van der Waals surface area contributed by atoms with E-state index in [9.17, 15) is 32.0 Å². The average Bonchev–Trinajstić information content (AvgIpc) is 4.02. The molecule has 0 unspecified atom stereocenters. The molecule has 0 aliphatic carbocycles. The van der Waals surface area contributed by atoms with E-state index < -0.39 is 57.0 Å². The van der Waals surface area contributed by atoms with Crippen LogP contribution in [-0.4, -0.2) is 127 Å². The molecular formula is C48H48F3N9O6S. The van der Waals surface area contributed by atoms with Crippen molar-refractivity contribution in [3.63, 3.8) is 0 Å². The van der Waals surface area contributed by atoms with Crippen molar-refractivity contribution in [1.82, 2.24) is 29.4 Å². The number of halogens is 3. The number of carbonyl (C=O) groups is 4. The van der Waals surface area contributed by atoms with Gasteiger partial charge < -0.3 is 24.6 Å². The molecule has 3 aromatic carbocycles. The summed E-state index contributed by atoms with van der Waals surface area (Å²) in [4.78, 5) is 67.3. The number of ketones is 1. The lowest BCUT2D eigenvalue weighted by Gasteiger charge is -2.61. The van der Waals surface area contributed by atoms with E-state index >= 15 is 8.78 Å². The number of nitrogens with zero attached hydrogens (tertiary/aromatic N) is 6. The average molecular weight is 936 g/mol. The zero-order valence-corrected chi connectivity index (χ0v) is 37.3. The second-order valence-corrected chi connectivity index (χ2v) is 20.7. The largest absolute Gasteiger partial charge is 0.372 e. The molecule has 19 heteroatoms. The highest BCUT2D eigenvalue weighted by Gasteiger charge is 2.52. The van der Waals surface area contributed by atoms with Crippen LogP contribution < -0.4 is 19.8 Å². The molecule has 11 rings (SSSR count). The van der Waals surface area contributed by atoms with Crippen LogP contribution in [0.2, 0.25) is 0 Å². The molecule has 8 heterocycles. The molecule has 5 saturated heterocycles. The maximum atomic E-state index is 15.8. The lowest BCUT2D eigenvalue weighted by Crippen LogP contribution is -2.72. The molecule has 67 heavy (non-hydrogen) atoms. The zero-order chi connectivity index (χ0) is 46.4. The molecule has 6 aliphatic rings. The second-order valence-electron chi connectivity index (χ2n) is 19.0. The molecule has 5 aromatic rings. The summed E-state index contributed by atoms with van der Waals surface area (Å²) in [6, 6.07) is 16.9. The number of aromatic nitrogens is 2. The molecule has 3 N–H and O–H groups in total. The Morgan fingerprint density at radius 1 is 0.866 bits per heavy atom. The highest BCUT2D eigenvalue weighted by molar-refractivity contribution is 7.90. The van der Waals surface area contributed by atoms with Crippen molar-refractivity contribution in [2.45, 2.75) is 50.9 Å². The van der Waals surface area contributed by atoms with E-state index in [-0.39, 0.29) is 48.7 Å². The predicted molar refractivity (Wildman–Crippen MR) is 243 cm³/mol. The summed E-state index contributed by atoms with van der Waals surface area (Å²) in [6.07, 6.45) is 4.38. The lowest BCUT2D eigenvalue weighted by molar-refractivity contribution is -0.136. The van der Waals surface area contributed by atoms with Crippen LogP contribution in [0.15, 0.2) is 73.1 Å². The summed E-state index contributed by atoms with van der Waals surface area (Å²) in [5.41, 5.74) is 4.30. The molecule has 6 aliphatic heterocycles. The Kier molecular flexibility index (Phi) is 10.6. The van der Waals surface area contributed by atoms with Crippen LogP contribution in [0.5, 0.6) is 0 Å². The number of rotatable bonds is 11. The monoisotopic (exact) mass is 935 g/mol. The zero-order valence-electron chi connectivity index (χ0n) is 36.4. The van der Waals surface area contributed by atoms with Gasteiger partial charge in [0.25, 0.3) is 5.91 Å². The third-order valence-electron chi connectivity index (χ3n) is 14.5. The van der Waals surface area contributed by atoms with Crippen LogP contribution in [0.1, 0.15) is 63.9 Å². The van der Waals surface area contributed by atoms with Crippen LogP contribution in [0.4, 0.5) is 30.2 Å². The van der Waals surface area contributed by atoms with Crippen molar-refractivity contribution in [2.24, 2.45) is 11.3 Å². The maximum Gasteiger partial charge on any atom is 0.301 e. The lowest BCUT2D eigenvalue weighted by atomic mass is 9.72. The summed E-state index contributed by atoms with van der Waals surface area (Å²) < 4.78 is 73.1. The van der Waals surface area contributed by atoms with Gasteiger partial charge in [-0.2, -0.15) is 12.7 Å². The van der Waals surface area contributed by atoms with E-state index in [2.05, 4.69) is 48.2 Å². The number of likely N-dealkylation sites (tertiary alicyclic amines) is 1. The number of nitrogens with one attached hydrogen (secondary N) is 3. The first-order valence-corrected chi connectivity index (χ1v) is 24.2. The Bertz CT molecular complexity index is 2960. The molecule has 0 saturated carbocycles. The summed E-state index contributed by atoms with van der Waals surface area (Å²) in [5, 5.41) is 2.70. The standard InChI is InChI=1S/C48H48F3N9O6S/c49-32-13-16-59(23-32)67(65,66)55-39-8-7-38(50)42(43(39)51)44(62)37-20-53-45-36(37)18-30(19-52-45)29-1-3-33(4-2-29)57-14-11-28(12-15-57)21-56-24-48(25-56)26-58(27-48)34-5-6-35-31(17-34)22-60(47(35)64)40-9-10-41(61)54-46(40)63/h1-8,17-20,28,32,40,55H,9-16,21-27H2,(H,52,53)(H,54,61,63)/t32-,40+/m1/s1. The topological polar surface area (TPSA) is 171 Å². The summed E-state index contributed by atoms with van der Waals surface area (Å²) in [7, 11) is -4.35. The Morgan fingerprint density at radius 3 is 2.36 bits per heavy atom. The van der Waals surface area contributed by atoms with Crippen LogP contribution >= 0.6 is 0 Å². The first-order chi connectivity index (χ1) is 32.2. The molecular weight excluding hydrogens is 888 g/mol. The molecule has 1 spiro atoms. The number of fused-ring (bicyclic) bond motifs is 2. The highest BCUT2D eigenvalue weighted by Crippen LogP contribution is 2.44. The Balaban J connectivity index is 0.671. The van der Waals surface area contributed by atoms with Gasteiger partial charge in [-0.3, -0.25) is 29.2 Å². The number of carbonyl (C=O) groups excluding carboxylic acids is 4. The van der Waals surface area contributed by atoms with Gasteiger partial charge in [-0.15, -0.1) is 0 Å². The van der Waals surface area contributed by atoms with Crippen molar-refractivity contribution in [2.75, 3.05) is 73.4 Å². The first-order valence-electron chi connectivity index (χ1n) is 22.7. The van der Waals surface area contributed by atoms with Gasteiger partial charge in [0.15, 0.2) is 5.82 Å². The molecule has 2 aromatic heterocycles. The van der Waals surface area contributed by atoms with Crippen LogP contribution in [0, 0.1) is 23.0 Å². The number of hydrogen-bond donors (Lipinski definition) is 3. The molecule has 348 valence electrons. The summed E-state index contributed by atoms with van der Waals surface area (Å²) >= 11 is 0. The fourth-order valence-corrected chi connectivity index (χ4v) is 12.2. The van der Waals surface area contributed by atoms with Gasteiger partial charge in [0, 0.05) is 123 Å². The number of imide groups is 1. The predicted octanol–water partition coefficient (Wildman–Crippen LogP) is 5.24. The summed E-state index contributed by atoms with van der Waals surface area (Å²) in [5.74, 6) is -3.78. The first kappa shape index (κ1) is 43.3. The van der Waals surface area contributed by atoms with Crippen molar-refractivity contribution in [3.8, 4) is 11.1 Å². The minimum atomic E-state index is -4.35. The molecule has 0 radical (unpaired) electrons. The Hall–Kier alpha value is -6.31. The van der Waals surface area contributed by atoms with E-state index in [0.717, 1.165) is 97.6 Å². The van der Waals surface area contributed by atoms with Gasteiger partial charge in [-0.25, -0.2) is 18.2 Å². The minimum Gasteiger partial charge on any atom is -0.372 e. The molecule has 0 bridgehead atoms. The fraction of sp³-hybridized carbons (Fsp3) is 0.396. The number of alkyl halides is 1. The van der Waals surface area contributed by atoms with Gasteiger partial charge in [-0.1, -0.05) is 12.1 Å². The number of benzene rings is 3. The number of piperidine rings is 2. The van der Waals surface area contributed by atoms with Crippen LogP contribution in [-0.2, 0) is 26.3 Å². The Morgan fingerprint density at radius 2 is 1.63 bits per heavy atom. The van der Waals surface area contributed by atoms with Gasteiger partial charge in [0.1, 0.15) is 23.7 Å². The fourth-order valence-electron chi connectivity index (χ4n) is 11.0. The number of hydrogen-bond acceptors (Lipinski definition) is 10. The van der Waals surface area contributed by atoms with E-state index in [0.29, 0.717) is 41.0 Å². The number of pyridine rings is 1. The third-order valence-corrected chi connectivity index (χ3v) is 16.0.